The van der Waals surface area contributed by atoms with Crippen molar-refractivity contribution in [1.82, 2.24) is 20.9 Å². The Morgan fingerprint density at radius 2 is 1.73 bits per heavy atom. The number of rotatable bonds is 7. The highest BCUT2D eigenvalue weighted by Crippen LogP contribution is 2.34. The minimum absolute atomic E-state index is 0.0515. The van der Waals surface area contributed by atoms with Gasteiger partial charge in [-0.1, -0.05) is 13.8 Å². The van der Waals surface area contributed by atoms with Crippen molar-refractivity contribution in [3.8, 4) is 0 Å². The molecule has 3 amide bonds. The first-order chi connectivity index (χ1) is 20.2. The summed E-state index contributed by atoms with van der Waals surface area (Å²) >= 11 is 13.4. The van der Waals surface area contributed by atoms with Gasteiger partial charge in [0.1, 0.15) is 27.1 Å². The van der Waals surface area contributed by atoms with Crippen LogP contribution in [0.3, 0.4) is 0 Å². The van der Waals surface area contributed by atoms with Crippen molar-refractivity contribution in [3.05, 3.63) is 16.1 Å². The molecule has 0 aromatic carbocycles. The molecule has 2 rings (SSSR count). The fourth-order valence-corrected chi connectivity index (χ4v) is 5.54. The lowest BCUT2D eigenvalue weighted by Gasteiger charge is -2.35. The zero-order valence-electron chi connectivity index (χ0n) is 25.9. The molecule has 4 atom stereocenters. The highest BCUT2D eigenvalue weighted by atomic mass is 35.5. The molecule has 248 valence electrons. The number of esters is 2. The number of nitrogens with zero attached hydrogens (tertiary/aromatic N) is 1. The molecule has 1 unspecified atom stereocenters. The highest BCUT2D eigenvalue weighted by Gasteiger charge is 2.46. The Morgan fingerprint density at radius 1 is 1.09 bits per heavy atom. The SMILES string of the molecule is CC(C)[C@@H]1NC(=O)CNC(=O)C(CO)NC(=O)[C@H](C(C)(C)O)OC(=O)C(C)(C)[C@H](CCCC(C)(Cl)Cl)OC(=O)c2csc1n2. The Balaban J connectivity index is 2.57. The number of aromatic nitrogens is 1. The van der Waals surface area contributed by atoms with Gasteiger partial charge in [-0.25, -0.2) is 9.78 Å². The lowest BCUT2D eigenvalue weighted by molar-refractivity contribution is -0.183. The molecule has 0 saturated carbocycles. The first kappa shape index (κ1) is 37.7. The van der Waals surface area contributed by atoms with E-state index < -0.39 is 82.5 Å². The largest absolute Gasteiger partial charge is 0.456 e. The quantitative estimate of drug-likeness (QED) is 0.210. The molecule has 1 aromatic heterocycles. The van der Waals surface area contributed by atoms with Gasteiger partial charge < -0.3 is 35.6 Å². The molecule has 1 aromatic rings. The van der Waals surface area contributed by atoms with Gasteiger partial charge in [0.05, 0.1) is 24.6 Å². The maximum atomic E-state index is 13.6. The van der Waals surface area contributed by atoms with E-state index in [4.69, 9.17) is 32.7 Å². The number of hydrogen-bond acceptors (Lipinski definition) is 11. The first-order valence-electron chi connectivity index (χ1n) is 14.1. The second-order valence-electron chi connectivity index (χ2n) is 12.3. The summed E-state index contributed by atoms with van der Waals surface area (Å²) in [6, 6.07) is -2.16. The minimum atomic E-state index is -1.95. The molecule has 44 heavy (non-hydrogen) atoms. The van der Waals surface area contributed by atoms with E-state index in [2.05, 4.69) is 20.9 Å². The summed E-state index contributed by atoms with van der Waals surface area (Å²) in [7, 11) is 0. The number of carbonyl (C=O) groups excluding carboxylic acids is 5. The van der Waals surface area contributed by atoms with Crippen LogP contribution in [0.4, 0.5) is 0 Å². The molecule has 0 aliphatic carbocycles. The van der Waals surface area contributed by atoms with E-state index in [1.54, 1.807) is 6.92 Å². The molecule has 16 heteroatoms. The van der Waals surface area contributed by atoms with Gasteiger partial charge in [-0.2, -0.15) is 0 Å². The molecular weight excluding hydrogens is 639 g/mol. The van der Waals surface area contributed by atoms with E-state index in [0.717, 1.165) is 11.3 Å². The zero-order chi connectivity index (χ0) is 33.6. The molecule has 1 aliphatic rings. The zero-order valence-corrected chi connectivity index (χ0v) is 28.2. The Kier molecular flexibility index (Phi) is 13.0. The van der Waals surface area contributed by atoms with E-state index in [0.29, 0.717) is 17.8 Å². The summed E-state index contributed by atoms with van der Waals surface area (Å²) in [4.78, 5) is 70.0. The molecule has 0 fully saturated rings. The molecule has 2 heterocycles. The van der Waals surface area contributed by atoms with Gasteiger partial charge >= 0.3 is 11.9 Å². The number of aliphatic hydroxyl groups excluding tert-OH is 1. The number of cyclic esters (lactones) is 2. The maximum Gasteiger partial charge on any atom is 0.358 e. The van der Waals surface area contributed by atoms with Gasteiger partial charge in [-0.15, -0.1) is 34.5 Å². The van der Waals surface area contributed by atoms with Crippen LogP contribution in [0.1, 0.15) is 89.3 Å². The number of nitrogens with one attached hydrogen (secondary N) is 3. The normalized spacial score (nSPS) is 24.7. The molecule has 2 bridgehead atoms. The number of amides is 3. The van der Waals surface area contributed by atoms with Gasteiger partial charge in [-0.05, 0) is 59.8 Å². The summed E-state index contributed by atoms with van der Waals surface area (Å²) in [5.41, 5.74) is -3.57. The number of aliphatic hydroxyl groups is 2. The molecule has 1 aliphatic heterocycles. The third-order valence-electron chi connectivity index (χ3n) is 6.99. The molecular formula is C28H42Cl2N4O9S. The number of hydrogen-bond donors (Lipinski definition) is 5. The van der Waals surface area contributed by atoms with E-state index in [9.17, 15) is 34.2 Å². The van der Waals surface area contributed by atoms with E-state index >= 15 is 0 Å². The van der Waals surface area contributed by atoms with Crippen LogP contribution in [0.5, 0.6) is 0 Å². The Hall–Kier alpha value is -2.52. The van der Waals surface area contributed by atoms with Gasteiger partial charge in [0.15, 0.2) is 5.69 Å². The summed E-state index contributed by atoms with van der Waals surface area (Å²) in [6.45, 7) is 9.25. The minimum Gasteiger partial charge on any atom is -0.456 e. The number of halogens is 2. The van der Waals surface area contributed by atoms with Gasteiger partial charge in [0.2, 0.25) is 17.9 Å². The molecule has 0 spiro atoms. The number of ether oxygens (including phenoxy) is 2. The molecule has 0 radical (unpaired) electrons. The van der Waals surface area contributed by atoms with Crippen LogP contribution < -0.4 is 16.0 Å². The second kappa shape index (κ2) is 15.2. The number of alkyl halides is 2. The summed E-state index contributed by atoms with van der Waals surface area (Å²) in [5.74, 6) is -4.55. The van der Waals surface area contributed by atoms with Gasteiger partial charge in [-0.3, -0.25) is 19.2 Å². The highest BCUT2D eigenvalue weighted by molar-refractivity contribution is 7.09. The van der Waals surface area contributed by atoms with Crippen molar-refractivity contribution >= 4 is 64.2 Å². The summed E-state index contributed by atoms with van der Waals surface area (Å²) < 4.78 is 10.2. The standard InChI is InChI=1S/C28H42Cl2N4O9S/c1-14(2)19-23-33-16(13-44-23)24(39)42-17(9-8-10-28(7,29)30)26(3,4)25(40)43-20(27(5,6)41)22(38)32-15(12-35)21(37)31-11-18(36)34-19/h13-15,17,19-20,35,41H,8-12H2,1-7H3,(H,31,37)(H,32,38)(H,34,36)/t15?,17-,19-,20+/m0/s1. The maximum absolute atomic E-state index is 13.6. The number of carbonyl (C=O) groups is 5. The Labute approximate surface area is 270 Å². The lowest BCUT2D eigenvalue weighted by atomic mass is 9.83. The van der Waals surface area contributed by atoms with Crippen molar-refractivity contribution in [2.24, 2.45) is 11.3 Å². The van der Waals surface area contributed by atoms with Crippen molar-refractivity contribution in [3.63, 3.8) is 0 Å². The topological polar surface area (TPSA) is 193 Å². The second-order valence-corrected chi connectivity index (χ2v) is 15.1. The van der Waals surface area contributed by atoms with Crippen molar-refractivity contribution < 1.29 is 43.7 Å². The molecule has 0 saturated heterocycles. The van der Waals surface area contributed by atoms with Crippen LogP contribution in [-0.2, 0) is 28.7 Å². The smallest absolute Gasteiger partial charge is 0.358 e. The average molecular weight is 682 g/mol. The van der Waals surface area contributed by atoms with Crippen molar-refractivity contribution in [2.75, 3.05) is 13.2 Å². The Morgan fingerprint density at radius 3 is 2.27 bits per heavy atom. The van der Waals surface area contributed by atoms with E-state index in [1.165, 1.54) is 33.1 Å². The first-order valence-corrected chi connectivity index (χ1v) is 15.8. The van der Waals surface area contributed by atoms with Crippen LogP contribution in [-0.4, -0.2) is 86.2 Å². The number of thiazole rings is 1. The van der Waals surface area contributed by atoms with Crippen molar-refractivity contribution in [1.29, 1.82) is 0 Å². The van der Waals surface area contributed by atoms with Crippen molar-refractivity contribution in [2.45, 2.75) is 102 Å². The lowest BCUT2D eigenvalue weighted by Crippen LogP contribution is -2.58. The predicted molar refractivity (Wildman–Crippen MR) is 163 cm³/mol. The molecule has 13 nitrogen and oxygen atoms in total. The Bertz CT molecular complexity index is 1210. The third kappa shape index (κ3) is 10.5. The van der Waals surface area contributed by atoms with Crippen LogP contribution >= 0.6 is 34.5 Å². The molecule has 5 N–H and O–H groups in total. The van der Waals surface area contributed by atoms with Crippen LogP contribution in [0.25, 0.3) is 0 Å². The number of fused-ring (bicyclic) bond motifs is 2. The van der Waals surface area contributed by atoms with Crippen LogP contribution in [0.2, 0.25) is 0 Å². The monoisotopic (exact) mass is 680 g/mol. The fraction of sp³-hybridized carbons (Fsp3) is 0.714. The van der Waals surface area contributed by atoms with Gasteiger partial charge in [0.25, 0.3) is 5.91 Å². The summed E-state index contributed by atoms with van der Waals surface area (Å²) in [6.07, 6.45) is -2.21. The van der Waals surface area contributed by atoms with Crippen LogP contribution in [0, 0.1) is 11.3 Å². The fourth-order valence-electron chi connectivity index (χ4n) is 4.26. The van der Waals surface area contributed by atoms with Gasteiger partial charge in [0, 0.05) is 5.38 Å². The van der Waals surface area contributed by atoms with E-state index in [-0.39, 0.29) is 18.0 Å². The summed E-state index contributed by atoms with van der Waals surface area (Å²) in [5, 5.41) is 29.8. The van der Waals surface area contributed by atoms with Crippen LogP contribution in [0.15, 0.2) is 5.38 Å². The van der Waals surface area contributed by atoms with E-state index in [1.807, 2.05) is 13.8 Å². The predicted octanol–water partition coefficient (Wildman–Crippen LogP) is 2.16. The average Bonchev–Trinajstić information content (AvgIpc) is 3.39. The third-order valence-corrected chi connectivity index (χ3v) is 8.29.